The number of amides is 2. The fourth-order valence-electron chi connectivity index (χ4n) is 5.24. The van der Waals surface area contributed by atoms with Gasteiger partial charge in [-0.25, -0.2) is 27.9 Å². The van der Waals surface area contributed by atoms with Crippen LogP contribution in [-0.4, -0.2) is 49.3 Å². The lowest BCUT2D eigenvalue weighted by atomic mass is 9.85. The average Bonchev–Trinajstić information content (AvgIpc) is 3.24. The van der Waals surface area contributed by atoms with Gasteiger partial charge in [-0.1, -0.05) is 23.7 Å². The number of hydrogen-bond donors (Lipinski definition) is 2. The smallest absolute Gasteiger partial charge is 0.411 e. The van der Waals surface area contributed by atoms with Crippen LogP contribution in [0.4, 0.5) is 19.3 Å². The number of anilines is 1. The summed E-state index contributed by atoms with van der Waals surface area (Å²) in [5.41, 5.74) is 0.699. The van der Waals surface area contributed by atoms with Gasteiger partial charge in [-0.05, 0) is 61.9 Å². The van der Waals surface area contributed by atoms with Crippen LogP contribution in [0.15, 0.2) is 59.7 Å². The number of carbonyl (C=O) groups is 2. The molecule has 41 heavy (non-hydrogen) atoms. The number of rotatable bonds is 7. The Balaban J connectivity index is 1.30. The molecule has 3 heterocycles. The summed E-state index contributed by atoms with van der Waals surface area (Å²) in [5.74, 6) is -0.104. The number of imidazole rings is 1. The molecule has 0 saturated heterocycles. The molecule has 10 nitrogen and oxygen atoms in total. The number of pyridine rings is 2. The zero-order valence-corrected chi connectivity index (χ0v) is 22.8. The minimum atomic E-state index is -2.90. The van der Waals surface area contributed by atoms with Gasteiger partial charge < -0.3 is 10.4 Å². The van der Waals surface area contributed by atoms with Crippen molar-refractivity contribution in [2.24, 2.45) is 5.92 Å². The molecular formula is C28H27ClF2N6O4. The minimum Gasteiger partial charge on any atom is -0.465 e. The Labute approximate surface area is 238 Å². The van der Waals surface area contributed by atoms with Gasteiger partial charge in [0.2, 0.25) is 0 Å². The van der Waals surface area contributed by atoms with E-state index in [1.807, 2.05) is 24.3 Å². The highest BCUT2D eigenvalue weighted by molar-refractivity contribution is 6.30. The normalized spacial score (nSPS) is 17.1. The standard InChI is InChI=1S/C28H27ClF2N6O4/c1-35(28(40)41)19-10-11-23(32-14-19)37-22-5-3-2-4-21(22)36(27(37)39)15-16-6-8-18(9-7-16)34-26(38)20-12-17(29)13-33-24(20)25(30)31/h2-5,10-14,16,18,25H,6-9,15H2,1H3,(H,34,38)(H,40,41)/t16-,18-. The molecule has 5 rings (SSSR count). The van der Waals surface area contributed by atoms with Crippen LogP contribution in [0.3, 0.4) is 0 Å². The van der Waals surface area contributed by atoms with E-state index in [0.29, 0.717) is 36.4 Å². The summed E-state index contributed by atoms with van der Waals surface area (Å²) in [4.78, 5) is 46.6. The molecule has 1 aliphatic rings. The molecule has 2 N–H and O–H groups in total. The number of fused-ring (bicyclic) bond motifs is 1. The van der Waals surface area contributed by atoms with Crippen molar-refractivity contribution in [1.29, 1.82) is 0 Å². The number of carboxylic acid groups (broad SMARTS) is 1. The predicted octanol–water partition coefficient (Wildman–Crippen LogP) is 5.28. The third-order valence-electron chi connectivity index (χ3n) is 7.43. The van der Waals surface area contributed by atoms with Crippen LogP contribution in [0, 0.1) is 5.92 Å². The van der Waals surface area contributed by atoms with E-state index < -0.39 is 24.1 Å². The Kier molecular flexibility index (Phi) is 8.02. The van der Waals surface area contributed by atoms with E-state index in [-0.39, 0.29) is 28.2 Å². The SMILES string of the molecule is CN(C(=O)O)c1ccc(-n2c(=O)n(C[C@H]3CC[C@H](NC(=O)c4cc(Cl)cnc4C(F)F)CC3)c3ccccc32)nc1. The van der Waals surface area contributed by atoms with Gasteiger partial charge in [0.25, 0.3) is 12.3 Å². The first-order valence-electron chi connectivity index (χ1n) is 13.0. The van der Waals surface area contributed by atoms with Crippen LogP contribution in [0.5, 0.6) is 0 Å². The second-order valence-corrected chi connectivity index (χ2v) is 10.4. The van der Waals surface area contributed by atoms with Gasteiger partial charge in [0.15, 0.2) is 0 Å². The van der Waals surface area contributed by atoms with Gasteiger partial charge in [-0.2, -0.15) is 0 Å². The maximum absolute atomic E-state index is 13.6. The van der Waals surface area contributed by atoms with Crippen molar-refractivity contribution in [1.82, 2.24) is 24.4 Å². The van der Waals surface area contributed by atoms with Gasteiger partial charge in [0.1, 0.15) is 11.5 Å². The van der Waals surface area contributed by atoms with Crippen LogP contribution >= 0.6 is 11.6 Å². The first-order chi connectivity index (χ1) is 19.6. The van der Waals surface area contributed by atoms with Gasteiger partial charge in [-0.15, -0.1) is 0 Å². The monoisotopic (exact) mass is 584 g/mol. The summed E-state index contributed by atoms with van der Waals surface area (Å²) in [6.45, 7) is 0.459. The molecule has 0 atom stereocenters. The number of nitrogens with zero attached hydrogens (tertiary/aromatic N) is 5. The third kappa shape index (κ3) is 5.78. The average molecular weight is 585 g/mol. The van der Waals surface area contributed by atoms with E-state index in [1.165, 1.54) is 23.9 Å². The summed E-state index contributed by atoms with van der Waals surface area (Å²) >= 11 is 5.89. The first-order valence-corrected chi connectivity index (χ1v) is 13.4. The lowest BCUT2D eigenvalue weighted by Gasteiger charge is -2.29. The number of carbonyl (C=O) groups excluding carboxylic acids is 1. The molecule has 1 saturated carbocycles. The van der Waals surface area contributed by atoms with Crippen molar-refractivity contribution >= 4 is 40.3 Å². The van der Waals surface area contributed by atoms with Crippen molar-refractivity contribution < 1.29 is 23.5 Å². The zero-order valence-electron chi connectivity index (χ0n) is 22.0. The number of aromatic nitrogens is 4. The van der Waals surface area contributed by atoms with Gasteiger partial charge in [0.05, 0.1) is 33.5 Å². The van der Waals surface area contributed by atoms with E-state index >= 15 is 0 Å². The number of benzene rings is 1. The van der Waals surface area contributed by atoms with E-state index in [0.717, 1.165) is 29.5 Å². The van der Waals surface area contributed by atoms with Crippen LogP contribution in [0.1, 0.15) is 48.2 Å². The number of halogens is 3. The molecule has 0 radical (unpaired) electrons. The Morgan fingerprint density at radius 2 is 1.80 bits per heavy atom. The maximum Gasteiger partial charge on any atom is 0.411 e. The quantitative estimate of drug-likeness (QED) is 0.305. The summed E-state index contributed by atoms with van der Waals surface area (Å²) in [6, 6.07) is 11.6. The molecule has 2 amide bonds. The zero-order chi connectivity index (χ0) is 29.3. The van der Waals surface area contributed by atoms with Gasteiger partial charge in [0, 0.05) is 25.8 Å². The third-order valence-corrected chi connectivity index (χ3v) is 7.64. The molecular weight excluding hydrogens is 558 g/mol. The fourth-order valence-corrected chi connectivity index (χ4v) is 5.40. The molecule has 0 unspecified atom stereocenters. The van der Waals surface area contributed by atoms with E-state index in [1.54, 1.807) is 16.7 Å². The molecule has 214 valence electrons. The second kappa shape index (κ2) is 11.7. The molecule has 0 spiro atoms. The first kappa shape index (κ1) is 28.2. The number of hydrogen-bond acceptors (Lipinski definition) is 5. The number of para-hydroxylation sites is 2. The van der Waals surface area contributed by atoms with Crippen molar-refractivity contribution in [3.05, 3.63) is 81.6 Å². The van der Waals surface area contributed by atoms with Crippen LogP contribution < -0.4 is 15.9 Å². The predicted molar refractivity (Wildman–Crippen MR) is 149 cm³/mol. The summed E-state index contributed by atoms with van der Waals surface area (Å²) < 4.78 is 29.9. The molecule has 13 heteroatoms. The second-order valence-electron chi connectivity index (χ2n) is 10.0. The molecule has 1 aliphatic carbocycles. The van der Waals surface area contributed by atoms with Gasteiger partial charge in [-0.3, -0.25) is 19.2 Å². The Bertz CT molecular complexity index is 1650. The molecule has 0 aliphatic heterocycles. The van der Waals surface area contributed by atoms with E-state index in [2.05, 4.69) is 15.3 Å². The molecule has 4 aromatic rings. The van der Waals surface area contributed by atoms with Crippen molar-refractivity contribution in [3.63, 3.8) is 0 Å². The van der Waals surface area contributed by atoms with E-state index in [9.17, 15) is 28.3 Å². The van der Waals surface area contributed by atoms with Crippen molar-refractivity contribution in [2.75, 3.05) is 11.9 Å². The highest BCUT2D eigenvalue weighted by atomic mass is 35.5. The molecule has 1 aromatic carbocycles. The number of alkyl halides is 2. The molecule has 0 bridgehead atoms. The topological polar surface area (TPSA) is 122 Å². The fraction of sp³-hybridized carbons (Fsp3) is 0.321. The summed E-state index contributed by atoms with van der Waals surface area (Å²) in [7, 11) is 1.41. The highest BCUT2D eigenvalue weighted by Gasteiger charge is 2.27. The van der Waals surface area contributed by atoms with Gasteiger partial charge >= 0.3 is 11.8 Å². The summed E-state index contributed by atoms with van der Waals surface area (Å²) in [6.07, 6.45) is 1.17. The lowest BCUT2D eigenvalue weighted by molar-refractivity contribution is 0.0904. The van der Waals surface area contributed by atoms with Crippen LogP contribution in [0.2, 0.25) is 5.02 Å². The molecule has 3 aromatic heterocycles. The number of nitrogens with one attached hydrogen (secondary N) is 1. The minimum absolute atomic E-state index is 0.103. The Morgan fingerprint density at radius 1 is 1.10 bits per heavy atom. The van der Waals surface area contributed by atoms with Crippen LogP contribution in [0.25, 0.3) is 16.9 Å². The Hall–Kier alpha value is -4.32. The lowest BCUT2D eigenvalue weighted by Crippen LogP contribution is -2.39. The Morgan fingerprint density at radius 3 is 2.44 bits per heavy atom. The van der Waals surface area contributed by atoms with Crippen molar-refractivity contribution in [3.8, 4) is 5.82 Å². The highest BCUT2D eigenvalue weighted by Crippen LogP contribution is 2.29. The summed E-state index contributed by atoms with van der Waals surface area (Å²) in [5, 5.41) is 12.1. The largest absolute Gasteiger partial charge is 0.465 e. The van der Waals surface area contributed by atoms with Crippen molar-refractivity contribution in [2.45, 2.75) is 44.7 Å². The van der Waals surface area contributed by atoms with Crippen LogP contribution in [-0.2, 0) is 6.54 Å². The molecule has 1 fully saturated rings. The van der Waals surface area contributed by atoms with E-state index in [4.69, 9.17) is 11.6 Å². The maximum atomic E-state index is 13.6.